The highest BCUT2D eigenvalue weighted by Gasteiger charge is 2.35. The minimum absolute atomic E-state index is 0.0181. The van der Waals surface area contributed by atoms with Crippen LogP contribution >= 0.6 is 0 Å². The molecular formula is C16H19NO3. The Balaban J connectivity index is 2.12. The number of aliphatic hydroxyl groups excluding tert-OH is 1. The van der Waals surface area contributed by atoms with Crippen LogP contribution < -0.4 is 0 Å². The van der Waals surface area contributed by atoms with E-state index in [1.54, 1.807) is 6.08 Å². The van der Waals surface area contributed by atoms with Crippen molar-refractivity contribution in [3.05, 3.63) is 48.3 Å². The van der Waals surface area contributed by atoms with Crippen molar-refractivity contribution in [1.29, 1.82) is 0 Å². The third-order valence-electron chi connectivity index (χ3n) is 3.56. The first-order valence-electron chi connectivity index (χ1n) is 6.83. The van der Waals surface area contributed by atoms with Gasteiger partial charge in [-0.1, -0.05) is 24.3 Å². The predicted octanol–water partition coefficient (Wildman–Crippen LogP) is 2.31. The Bertz CT molecular complexity index is 514. The Morgan fingerprint density at radius 1 is 1.45 bits per heavy atom. The first-order chi connectivity index (χ1) is 9.63. The smallest absolute Gasteiger partial charge is 0.262 e. The van der Waals surface area contributed by atoms with Gasteiger partial charge in [0.2, 0.25) is 0 Å². The van der Waals surface area contributed by atoms with E-state index in [1.165, 1.54) is 11.0 Å². The number of hydrogen-bond donors (Lipinski definition) is 1. The molecule has 0 saturated carbocycles. The maximum atomic E-state index is 12.0. The summed E-state index contributed by atoms with van der Waals surface area (Å²) in [6, 6.07) is 0. The molecular weight excluding hydrogens is 254 g/mol. The fourth-order valence-corrected chi connectivity index (χ4v) is 2.46. The predicted molar refractivity (Wildman–Crippen MR) is 77.1 cm³/mol. The summed E-state index contributed by atoms with van der Waals surface area (Å²) in [5.41, 5.74) is -0.102. The Morgan fingerprint density at radius 2 is 2.25 bits per heavy atom. The van der Waals surface area contributed by atoms with Crippen molar-refractivity contribution < 1.29 is 14.7 Å². The summed E-state index contributed by atoms with van der Waals surface area (Å²) in [4.78, 5) is 25.2. The van der Waals surface area contributed by atoms with Crippen molar-refractivity contribution in [1.82, 2.24) is 4.90 Å². The standard InChI is InChI=1S/C16H19NO3/c1-2-10-17-11-14(19)15(16(17)20)13(18)9-8-12-6-4-3-5-7-12/h2-4,8-9,12,18H,1,5-7,10-11H2. The number of amides is 1. The molecule has 4 heteroatoms. The van der Waals surface area contributed by atoms with Gasteiger partial charge >= 0.3 is 0 Å². The van der Waals surface area contributed by atoms with E-state index in [2.05, 4.69) is 18.7 Å². The van der Waals surface area contributed by atoms with Crippen LogP contribution in [0.3, 0.4) is 0 Å². The van der Waals surface area contributed by atoms with E-state index in [0.717, 1.165) is 19.3 Å². The van der Waals surface area contributed by atoms with Crippen molar-refractivity contribution in [2.24, 2.45) is 5.92 Å². The van der Waals surface area contributed by atoms with Crippen molar-refractivity contribution in [2.45, 2.75) is 19.3 Å². The van der Waals surface area contributed by atoms with Crippen LogP contribution in [0.1, 0.15) is 19.3 Å². The Morgan fingerprint density at radius 3 is 2.90 bits per heavy atom. The molecule has 0 aromatic heterocycles. The van der Waals surface area contributed by atoms with Crippen LogP contribution in [0.5, 0.6) is 0 Å². The van der Waals surface area contributed by atoms with Crippen LogP contribution in [-0.4, -0.2) is 34.8 Å². The number of carbonyl (C=O) groups excluding carboxylic acids is 2. The van der Waals surface area contributed by atoms with Crippen LogP contribution in [0.15, 0.2) is 48.3 Å². The number of aliphatic hydroxyl groups is 1. The molecule has 0 aromatic rings. The SMILES string of the molecule is C=CCN1CC(=O)C(=C(O)C=CC2CC=CCC2)C1=O. The lowest BCUT2D eigenvalue weighted by molar-refractivity contribution is -0.124. The van der Waals surface area contributed by atoms with Crippen molar-refractivity contribution in [2.75, 3.05) is 13.1 Å². The number of rotatable bonds is 4. The van der Waals surface area contributed by atoms with Crippen LogP contribution in [0.4, 0.5) is 0 Å². The van der Waals surface area contributed by atoms with Crippen LogP contribution in [0.25, 0.3) is 0 Å². The van der Waals surface area contributed by atoms with Crippen molar-refractivity contribution in [3.8, 4) is 0 Å². The highest BCUT2D eigenvalue weighted by molar-refractivity contribution is 6.25. The van der Waals surface area contributed by atoms with Gasteiger partial charge in [0.05, 0.1) is 6.54 Å². The third-order valence-corrected chi connectivity index (χ3v) is 3.56. The average Bonchev–Trinajstić information content (AvgIpc) is 2.73. The molecule has 1 saturated heterocycles. The topological polar surface area (TPSA) is 57.6 Å². The van der Waals surface area contributed by atoms with Gasteiger partial charge in [0.1, 0.15) is 11.3 Å². The molecule has 1 amide bonds. The Hall–Kier alpha value is -2.10. The van der Waals surface area contributed by atoms with Crippen molar-refractivity contribution >= 4 is 11.7 Å². The lowest BCUT2D eigenvalue weighted by Gasteiger charge is -2.12. The second-order valence-electron chi connectivity index (χ2n) is 5.06. The highest BCUT2D eigenvalue weighted by atomic mass is 16.3. The lowest BCUT2D eigenvalue weighted by Crippen LogP contribution is -2.25. The third kappa shape index (κ3) is 3.07. The van der Waals surface area contributed by atoms with Gasteiger partial charge in [0, 0.05) is 6.54 Å². The zero-order chi connectivity index (χ0) is 14.5. The molecule has 2 aliphatic rings. The van der Waals surface area contributed by atoms with Crippen LogP contribution in [-0.2, 0) is 9.59 Å². The maximum absolute atomic E-state index is 12.0. The summed E-state index contributed by atoms with van der Waals surface area (Å²) in [6.07, 6.45) is 12.2. The van der Waals surface area contributed by atoms with Gasteiger partial charge < -0.3 is 10.0 Å². The number of allylic oxidation sites excluding steroid dienone is 4. The van der Waals surface area contributed by atoms with E-state index in [9.17, 15) is 14.7 Å². The lowest BCUT2D eigenvalue weighted by atomic mass is 9.94. The summed E-state index contributed by atoms with van der Waals surface area (Å²) < 4.78 is 0. The molecule has 0 bridgehead atoms. The molecule has 0 radical (unpaired) electrons. The van der Waals surface area contributed by atoms with Gasteiger partial charge in [-0.2, -0.15) is 0 Å². The summed E-state index contributed by atoms with van der Waals surface area (Å²) in [5, 5.41) is 9.99. The van der Waals surface area contributed by atoms with Gasteiger partial charge in [-0.15, -0.1) is 6.58 Å². The molecule has 20 heavy (non-hydrogen) atoms. The first-order valence-corrected chi connectivity index (χ1v) is 6.83. The van der Waals surface area contributed by atoms with E-state index in [1.807, 2.05) is 6.08 Å². The van der Waals surface area contributed by atoms with E-state index >= 15 is 0 Å². The second kappa shape index (κ2) is 6.37. The molecule has 1 fully saturated rings. The molecule has 0 spiro atoms. The first kappa shape index (κ1) is 14.3. The highest BCUT2D eigenvalue weighted by Crippen LogP contribution is 2.22. The van der Waals surface area contributed by atoms with E-state index in [4.69, 9.17) is 0 Å². The molecule has 1 aliphatic carbocycles. The maximum Gasteiger partial charge on any atom is 0.262 e. The quantitative estimate of drug-likeness (QED) is 0.370. The molecule has 1 atom stereocenters. The van der Waals surface area contributed by atoms with Gasteiger partial charge in [0.25, 0.3) is 5.91 Å². The fourth-order valence-electron chi connectivity index (χ4n) is 2.46. The van der Waals surface area contributed by atoms with Gasteiger partial charge in [-0.25, -0.2) is 0 Å². The second-order valence-corrected chi connectivity index (χ2v) is 5.06. The van der Waals surface area contributed by atoms with E-state index in [0.29, 0.717) is 12.5 Å². The van der Waals surface area contributed by atoms with Gasteiger partial charge in [0.15, 0.2) is 5.78 Å². The molecule has 4 nitrogen and oxygen atoms in total. The summed E-state index contributed by atoms with van der Waals surface area (Å²) in [6.45, 7) is 3.88. The van der Waals surface area contributed by atoms with Crippen LogP contribution in [0.2, 0.25) is 0 Å². The normalized spacial score (nSPS) is 25.6. The molecule has 0 aromatic carbocycles. The number of nitrogens with zero attached hydrogens (tertiary/aromatic N) is 1. The van der Waals surface area contributed by atoms with Crippen molar-refractivity contribution in [3.63, 3.8) is 0 Å². The number of carbonyl (C=O) groups is 2. The van der Waals surface area contributed by atoms with Crippen LogP contribution in [0, 0.1) is 5.92 Å². The molecule has 1 aliphatic heterocycles. The minimum atomic E-state index is -0.416. The van der Waals surface area contributed by atoms with Gasteiger partial charge in [-0.05, 0) is 31.3 Å². The minimum Gasteiger partial charge on any atom is -0.507 e. The molecule has 1 heterocycles. The van der Waals surface area contributed by atoms with E-state index < -0.39 is 5.91 Å². The zero-order valence-electron chi connectivity index (χ0n) is 11.4. The van der Waals surface area contributed by atoms with E-state index in [-0.39, 0.29) is 23.7 Å². The molecule has 106 valence electrons. The number of hydrogen-bond acceptors (Lipinski definition) is 3. The zero-order valence-corrected chi connectivity index (χ0v) is 11.4. The largest absolute Gasteiger partial charge is 0.507 e. The number of likely N-dealkylation sites (tertiary alicyclic amines) is 1. The average molecular weight is 273 g/mol. The molecule has 1 unspecified atom stereocenters. The van der Waals surface area contributed by atoms with Gasteiger partial charge in [-0.3, -0.25) is 9.59 Å². The molecule has 1 N–H and O–H groups in total. The summed E-state index contributed by atoms with van der Waals surface area (Å²) >= 11 is 0. The monoisotopic (exact) mass is 273 g/mol. The summed E-state index contributed by atoms with van der Waals surface area (Å²) in [7, 11) is 0. The number of ketones is 1. The Labute approximate surface area is 118 Å². The fraction of sp³-hybridized carbons (Fsp3) is 0.375. The summed E-state index contributed by atoms with van der Waals surface area (Å²) in [5.74, 6) is -0.608. The number of Topliss-reactive ketones (excluding diaryl/α,β-unsaturated/α-hetero) is 1. The Kier molecular flexibility index (Phi) is 4.56. The molecule has 2 rings (SSSR count).